The van der Waals surface area contributed by atoms with E-state index < -0.39 is 0 Å². The second-order valence-electron chi connectivity index (χ2n) is 5.62. The molecule has 0 radical (unpaired) electrons. The summed E-state index contributed by atoms with van der Waals surface area (Å²) in [6, 6.07) is 0. The van der Waals surface area contributed by atoms with Gasteiger partial charge < -0.3 is 4.90 Å². The highest BCUT2D eigenvalue weighted by Gasteiger charge is 2.35. The lowest BCUT2D eigenvalue weighted by Gasteiger charge is -2.19. The highest BCUT2D eigenvalue weighted by atomic mass is 32.1. The van der Waals surface area contributed by atoms with Crippen LogP contribution in [-0.2, 0) is 0 Å². The Kier molecular flexibility index (Phi) is 4.39. The molecule has 88 valence electrons. The molecule has 1 nitrogen and oxygen atoms in total. The van der Waals surface area contributed by atoms with Crippen LogP contribution in [-0.4, -0.2) is 30.3 Å². The lowest BCUT2D eigenvalue weighted by atomic mass is 10.0. The van der Waals surface area contributed by atoms with Crippen LogP contribution in [0.4, 0.5) is 0 Å². The third kappa shape index (κ3) is 3.13. The third-order valence-corrected chi connectivity index (χ3v) is 4.62. The summed E-state index contributed by atoms with van der Waals surface area (Å²) in [5.74, 6) is 4.03. The summed E-state index contributed by atoms with van der Waals surface area (Å²) in [5.41, 5.74) is 0. The molecule has 1 heterocycles. The van der Waals surface area contributed by atoms with Crippen molar-refractivity contribution in [3.05, 3.63) is 0 Å². The molecule has 3 atom stereocenters. The average Bonchev–Trinajstić information content (AvgIpc) is 2.74. The van der Waals surface area contributed by atoms with Crippen LogP contribution in [0.15, 0.2) is 0 Å². The number of fused-ring (bicyclic) bond motifs is 1. The largest absolute Gasteiger partial charge is 0.303 e. The topological polar surface area (TPSA) is 3.24 Å². The van der Waals surface area contributed by atoms with Gasteiger partial charge in [-0.05, 0) is 55.7 Å². The highest BCUT2D eigenvalue weighted by molar-refractivity contribution is 7.80. The van der Waals surface area contributed by atoms with E-state index in [-0.39, 0.29) is 0 Å². The SMILES string of the molecule is CC(CCS)CCN1CC2CCCC2C1. The van der Waals surface area contributed by atoms with Gasteiger partial charge in [0.1, 0.15) is 0 Å². The molecule has 0 amide bonds. The first kappa shape index (κ1) is 11.8. The number of thiol groups is 1. The molecule has 0 aromatic rings. The van der Waals surface area contributed by atoms with Gasteiger partial charge in [-0.2, -0.15) is 12.6 Å². The molecular weight excluding hydrogens is 202 g/mol. The summed E-state index contributed by atoms with van der Waals surface area (Å²) in [6.07, 6.45) is 7.17. The first-order valence-electron chi connectivity index (χ1n) is 6.63. The highest BCUT2D eigenvalue weighted by Crippen LogP contribution is 2.37. The van der Waals surface area contributed by atoms with Crippen LogP contribution < -0.4 is 0 Å². The molecule has 1 saturated carbocycles. The van der Waals surface area contributed by atoms with Crippen LogP contribution in [0, 0.1) is 17.8 Å². The molecule has 1 saturated heterocycles. The van der Waals surface area contributed by atoms with Crippen molar-refractivity contribution in [3.8, 4) is 0 Å². The molecule has 0 bridgehead atoms. The van der Waals surface area contributed by atoms with E-state index in [9.17, 15) is 0 Å². The van der Waals surface area contributed by atoms with Crippen LogP contribution in [0.2, 0.25) is 0 Å². The fourth-order valence-corrected chi connectivity index (χ4v) is 3.72. The first-order chi connectivity index (χ1) is 7.29. The molecule has 2 aliphatic rings. The molecule has 2 rings (SSSR count). The maximum Gasteiger partial charge on any atom is 0.00129 e. The maximum atomic E-state index is 4.30. The summed E-state index contributed by atoms with van der Waals surface area (Å²) in [5, 5.41) is 0. The Labute approximate surface area is 100 Å². The van der Waals surface area contributed by atoms with Crippen molar-refractivity contribution in [2.45, 2.75) is 39.0 Å². The zero-order chi connectivity index (χ0) is 10.7. The smallest absolute Gasteiger partial charge is 0.00129 e. The zero-order valence-electron chi connectivity index (χ0n) is 9.99. The van der Waals surface area contributed by atoms with E-state index in [1.54, 1.807) is 0 Å². The number of hydrogen-bond donors (Lipinski definition) is 1. The number of hydrogen-bond acceptors (Lipinski definition) is 2. The lowest BCUT2D eigenvalue weighted by Crippen LogP contribution is -2.24. The molecule has 0 aromatic heterocycles. The van der Waals surface area contributed by atoms with Gasteiger partial charge in [-0.1, -0.05) is 13.3 Å². The van der Waals surface area contributed by atoms with Crippen molar-refractivity contribution >= 4 is 12.6 Å². The Morgan fingerprint density at radius 3 is 2.47 bits per heavy atom. The predicted octanol–water partition coefficient (Wildman–Crippen LogP) is 3.06. The van der Waals surface area contributed by atoms with Crippen LogP contribution >= 0.6 is 12.6 Å². The van der Waals surface area contributed by atoms with E-state index in [1.807, 2.05) is 0 Å². The van der Waals surface area contributed by atoms with Gasteiger partial charge in [0.05, 0.1) is 0 Å². The fourth-order valence-electron chi connectivity index (χ4n) is 3.28. The molecule has 15 heavy (non-hydrogen) atoms. The van der Waals surface area contributed by atoms with Crippen LogP contribution in [0.3, 0.4) is 0 Å². The van der Waals surface area contributed by atoms with Crippen molar-refractivity contribution < 1.29 is 0 Å². The molecule has 1 aliphatic heterocycles. The molecule has 1 aliphatic carbocycles. The molecule has 0 N–H and O–H groups in total. The van der Waals surface area contributed by atoms with Crippen molar-refractivity contribution in [3.63, 3.8) is 0 Å². The number of nitrogens with zero attached hydrogens (tertiary/aromatic N) is 1. The Balaban J connectivity index is 1.65. The van der Waals surface area contributed by atoms with Crippen LogP contribution in [0.1, 0.15) is 39.0 Å². The van der Waals surface area contributed by atoms with E-state index in [0.29, 0.717) is 0 Å². The summed E-state index contributed by atoms with van der Waals surface area (Å²) in [7, 11) is 0. The molecular formula is C13H25NS. The number of likely N-dealkylation sites (tertiary alicyclic amines) is 1. The Bertz CT molecular complexity index is 183. The van der Waals surface area contributed by atoms with Gasteiger partial charge in [-0.3, -0.25) is 0 Å². The van der Waals surface area contributed by atoms with Gasteiger partial charge in [0.2, 0.25) is 0 Å². The van der Waals surface area contributed by atoms with Crippen molar-refractivity contribution in [1.82, 2.24) is 4.90 Å². The standard InChI is InChI=1S/C13H25NS/c1-11(6-8-15)5-7-14-9-12-3-2-4-13(12)10-14/h11-13,15H,2-10H2,1H3. The average molecular weight is 227 g/mol. The molecule has 0 aromatic carbocycles. The summed E-state index contributed by atoms with van der Waals surface area (Å²) in [6.45, 7) is 6.51. The van der Waals surface area contributed by atoms with Crippen LogP contribution in [0.25, 0.3) is 0 Å². The van der Waals surface area contributed by atoms with Gasteiger partial charge in [-0.15, -0.1) is 0 Å². The van der Waals surface area contributed by atoms with E-state index in [0.717, 1.165) is 23.5 Å². The van der Waals surface area contributed by atoms with E-state index in [1.165, 1.54) is 51.7 Å². The summed E-state index contributed by atoms with van der Waals surface area (Å²) < 4.78 is 0. The second-order valence-corrected chi connectivity index (χ2v) is 6.06. The summed E-state index contributed by atoms with van der Waals surface area (Å²) in [4.78, 5) is 2.71. The number of rotatable bonds is 5. The van der Waals surface area contributed by atoms with E-state index in [4.69, 9.17) is 0 Å². The Morgan fingerprint density at radius 2 is 1.87 bits per heavy atom. The molecule has 2 fully saturated rings. The second kappa shape index (κ2) is 5.58. The van der Waals surface area contributed by atoms with Gasteiger partial charge >= 0.3 is 0 Å². The third-order valence-electron chi connectivity index (χ3n) is 4.36. The maximum absolute atomic E-state index is 4.30. The Morgan fingerprint density at radius 1 is 1.20 bits per heavy atom. The quantitative estimate of drug-likeness (QED) is 0.707. The van der Waals surface area contributed by atoms with Gasteiger partial charge in [0, 0.05) is 13.1 Å². The first-order valence-corrected chi connectivity index (χ1v) is 7.26. The van der Waals surface area contributed by atoms with Crippen molar-refractivity contribution in [2.75, 3.05) is 25.4 Å². The summed E-state index contributed by atoms with van der Waals surface area (Å²) >= 11 is 4.30. The van der Waals surface area contributed by atoms with Crippen LogP contribution in [0.5, 0.6) is 0 Å². The predicted molar refractivity (Wildman–Crippen MR) is 69.5 cm³/mol. The van der Waals surface area contributed by atoms with E-state index >= 15 is 0 Å². The molecule has 2 heteroatoms. The Hall–Kier alpha value is 0.310. The van der Waals surface area contributed by atoms with Crippen molar-refractivity contribution in [1.29, 1.82) is 0 Å². The van der Waals surface area contributed by atoms with Gasteiger partial charge in [-0.25, -0.2) is 0 Å². The van der Waals surface area contributed by atoms with Gasteiger partial charge in [0.15, 0.2) is 0 Å². The molecule has 3 unspecified atom stereocenters. The zero-order valence-corrected chi connectivity index (χ0v) is 10.9. The van der Waals surface area contributed by atoms with Gasteiger partial charge in [0.25, 0.3) is 0 Å². The minimum Gasteiger partial charge on any atom is -0.303 e. The lowest BCUT2D eigenvalue weighted by molar-refractivity contribution is 0.285. The molecule has 0 spiro atoms. The minimum atomic E-state index is 0.864. The fraction of sp³-hybridized carbons (Fsp3) is 1.00. The monoisotopic (exact) mass is 227 g/mol. The van der Waals surface area contributed by atoms with E-state index in [2.05, 4.69) is 24.5 Å². The van der Waals surface area contributed by atoms with Crippen molar-refractivity contribution in [2.24, 2.45) is 17.8 Å². The normalized spacial score (nSPS) is 33.2. The minimum absolute atomic E-state index is 0.864.